The molecule has 1 heterocycles. The minimum absolute atomic E-state index is 0.0790. The number of nitrogens with one attached hydrogen (secondary N) is 3. The van der Waals surface area contributed by atoms with E-state index >= 15 is 0 Å². The van der Waals surface area contributed by atoms with Crippen molar-refractivity contribution in [2.24, 2.45) is 10.9 Å². The van der Waals surface area contributed by atoms with Crippen molar-refractivity contribution in [3.05, 3.63) is 0 Å². The second-order valence-corrected chi connectivity index (χ2v) is 8.86. The number of hydrogen-bond acceptors (Lipinski definition) is 4. The molecule has 1 aliphatic carbocycles. The zero-order valence-corrected chi connectivity index (χ0v) is 15.3. The topological polar surface area (TPSA) is 99.7 Å². The third-order valence-corrected chi connectivity index (χ3v) is 6.34. The van der Waals surface area contributed by atoms with E-state index in [2.05, 4.69) is 20.9 Å². The van der Waals surface area contributed by atoms with E-state index in [4.69, 9.17) is 0 Å². The van der Waals surface area contributed by atoms with E-state index in [9.17, 15) is 13.2 Å². The van der Waals surface area contributed by atoms with Crippen molar-refractivity contribution in [1.29, 1.82) is 0 Å². The smallest absolute Gasteiger partial charge is 0.223 e. The fourth-order valence-electron chi connectivity index (χ4n) is 3.28. The Bertz CT molecular complexity index is 542. The van der Waals surface area contributed by atoms with E-state index in [0.29, 0.717) is 32.0 Å². The lowest BCUT2D eigenvalue weighted by Crippen LogP contribution is -2.44. The van der Waals surface area contributed by atoms with Crippen molar-refractivity contribution >= 4 is 21.7 Å². The maximum Gasteiger partial charge on any atom is 0.223 e. The molecule has 1 saturated carbocycles. The van der Waals surface area contributed by atoms with Crippen LogP contribution in [0.1, 0.15) is 45.4 Å². The number of hydrogen-bond donors (Lipinski definition) is 3. The quantitative estimate of drug-likeness (QED) is 0.363. The summed E-state index contributed by atoms with van der Waals surface area (Å²) in [5, 5.41) is 9.25. The van der Waals surface area contributed by atoms with Gasteiger partial charge in [-0.3, -0.25) is 9.79 Å². The molecule has 2 fully saturated rings. The highest BCUT2D eigenvalue weighted by molar-refractivity contribution is 7.91. The lowest BCUT2D eigenvalue weighted by atomic mass is 9.89. The number of nitrogens with zero attached hydrogens (tertiary/aromatic N) is 1. The molecule has 0 aromatic rings. The van der Waals surface area contributed by atoms with Crippen LogP contribution in [0.5, 0.6) is 0 Å². The number of rotatable bonds is 6. The van der Waals surface area contributed by atoms with Crippen LogP contribution in [-0.4, -0.2) is 57.5 Å². The van der Waals surface area contributed by atoms with Crippen molar-refractivity contribution in [2.45, 2.75) is 51.5 Å². The molecule has 0 spiro atoms. The standard InChI is InChI=1S/C16H30N4O3S/c1-2-17-16(20-14-8-11-24(22,23)12-14)19-10-9-18-15(21)13-6-4-3-5-7-13/h13-14H,2-12H2,1H3,(H,18,21)(H2,17,19,20). The van der Waals surface area contributed by atoms with Crippen LogP contribution in [0.4, 0.5) is 0 Å². The first-order valence-corrected chi connectivity index (χ1v) is 10.9. The van der Waals surface area contributed by atoms with Gasteiger partial charge in [-0.05, 0) is 26.2 Å². The molecule has 0 aromatic carbocycles. The van der Waals surface area contributed by atoms with Gasteiger partial charge in [0.15, 0.2) is 15.8 Å². The third kappa shape index (κ3) is 6.30. The van der Waals surface area contributed by atoms with Gasteiger partial charge in [0.1, 0.15) is 0 Å². The van der Waals surface area contributed by atoms with Crippen LogP contribution < -0.4 is 16.0 Å². The molecule has 0 aromatic heterocycles. The molecule has 2 aliphatic rings. The van der Waals surface area contributed by atoms with E-state index in [1.165, 1.54) is 6.42 Å². The highest BCUT2D eigenvalue weighted by atomic mass is 32.2. The largest absolute Gasteiger partial charge is 0.357 e. The highest BCUT2D eigenvalue weighted by Gasteiger charge is 2.28. The molecule has 1 unspecified atom stereocenters. The lowest BCUT2D eigenvalue weighted by molar-refractivity contribution is -0.125. The molecule has 1 amide bonds. The van der Waals surface area contributed by atoms with Crippen LogP contribution in [0, 0.1) is 5.92 Å². The molecule has 1 saturated heterocycles. The Morgan fingerprint density at radius 3 is 2.50 bits per heavy atom. The molecular formula is C16H30N4O3S. The molecule has 1 atom stereocenters. The zero-order valence-electron chi connectivity index (χ0n) is 14.5. The van der Waals surface area contributed by atoms with Crippen molar-refractivity contribution < 1.29 is 13.2 Å². The summed E-state index contributed by atoms with van der Waals surface area (Å²) in [6.45, 7) is 3.66. The van der Waals surface area contributed by atoms with Gasteiger partial charge < -0.3 is 16.0 Å². The van der Waals surface area contributed by atoms with Crippen LogP contribution in [0.15, 0.2) is 4.99 Å². The van der Waals surface area contributed by atoms with Crippen LogP contribution >= 0.6 is 0 Å². The molecule has 3 N–H and O–H groups in total. The summed E-state index contributed by atoms with van der Waals surface area (Å²) in [4.78, 5) is 16.5. The minimum Gasteiger partial charge on any atom is -0.357 e. The van der Waals surface area contributed by atoms with Gasteiger partial charge in [-0.25, -0.2) is 8.42 Å². The van der Waals surface area contributed by atoms with E-state index in [1.54, 1.807) is 0 Å². The maximum atomic E-state index is 12.1. The van der Waals surface area contributed by atoms with Gasteiger partial charge in [-0.1, -0.05) is 19.3 Å². The van der Waals surface area contributed by atoms with Crippen LogP contribution in [0.2, 0.25) is 0 Å². The number of amides is 1. The summed E-state index contributed by atoms with van der Waals surface area (Å²) < 4.78 is 23.0. The Morgan fingerprint density at radius 2 is 1.88 bits per heavy atom. The average molecular weight is 359 g/mol. The van der Waals surface area contributed by atoms with Crippen molar-refractivity contribution in [3.63, 3.8) is 0 Å². The minimum atomic E-state index is -2.91. The van der Waals surface area contributed by atoms with Crippen molar-refractivity contribution in [3.8, 4) is 0 Å². The second kappa shape index (κ2) is 9.25. The van der Waals surface area contributed by atoms with Gasteiger partial charge in [0.2, 0.25) is 5.91 Å². The van der Waals surface area contributed by atoms with Gasteiger partial charge in [0, 0.05) is 25.0 Å². The Morgan fingerprint density at radius 1 is 1.12 bits per heavy atom. The number of aliphatic imine (C=N–C) groups is 1. The number of carbonyl (C=O) groups is 1. The van der Waals surface area contributed by atoms with Crippen molar-refractivity contribution in [2.75, 3.05) is 31.1 Å². The van der Waals surface area contributed by atoms with Gasteiger partial charge in [-0.15, -0.1) is 0 Å². The molecule has 138 valence electrons. The van der Waals surface area contributed by atoms with Crippen molar-refractivity contribution in [1.82, 2.24) is 16.0 Å². The second-order valence-electron chi connectivity index (χ2n) is 6.63. The van der Waals surface area contributed by atoms with Gasteiger partial charge in [-0.2, -0.15) is 0 Å². The molecule has 24 heavy (non-hydrogen) atoms. The van der Waals surface area contributed by atoms with Gasteiger partial charge in [0.05, 0.1) is 18.1 Å². The summed E-state index contributed by atoms with van der Waals surface area (Å²) in [5.74, 6) is 1.33. The normalized spacial score (nSPS) is 24.5. The first-order valence-electron chi connectivity index (χ1n) is 9.03. The van der Waals surface area contributed by atoms with E-state index in [0.717, 1.165) is 25.7 Å². The third-order valence-electron chi connectivity index (χ3n) is 4.57. The molecule has 7 nitrogen and oxygen atoms in total. The summed E-state index contributed by atoms with van der Waals surface area (Å²) in [5.41, 5.74) is 0. The fourth-order valence-corrected chi connectivity index (χ4v) is 4.95. The van der Waals surface area contributed by atoms with Gasteiger partial charge >= 0.3 is 0 Å². The molecule has 1 aliphatic heterocycles. The first-order chi connectivity index (χ1) is 11.5. The summed E-state index contributed by atoms with van der Waals surface area (Å²) >= 11 is 0. The Kier molecular flexibility index (Phi) is 7.33. The predicted octanol–water partition coefficient (Wildman–Crippen LogP) is 0.425. The Labute approximate surface area is 145 Å². The van der Waals surface area contributed by atoms with Crippen LogP contribution in [-0.2, 0) is 14.6 Å². The number of sulfone groups is 1. The molecule has 8 heteroatoms. The average Bonchev–Trinajstić information content (AvgIpc) is 2.91. The molecular weight excluding hydrogens is 328 g/mol. The zero-order chi connectivity index (χ0) is 17.4. The summed E-state index contributed by atoms with van der Waals surface area (Å²) in [6.07, 6.45) is 6.14. The monoisotopic (exact) mass is 358 g/mol. The Balaban J connectivity index is 1.73. The first kappa shape index (κ1) is 19.0. The molecule has 0 radical (unpaired) electrons. The fraction of sp³-hybridized carbons (Fsp3) is 0.875. The van der Waals surface area contributed by atoms with E-state index < -0.39 is 9.84 Å². The predicted molar refractivity (Wildman–Crippen MR) is 95.8 cm³/mol. The highest BCUT2D eigenvalue weighted by Crippen LogP contribution is 2.23. The van der Waals surface area contributed by atoms with E-state index in [1.807, 2.05) is 6.92 Å². The van der Waals surface area contributed by atoms with Crippen LogP contribution in [0.3, 0.4) is 0 Å². The molecule has 2 rings (SSSR count). The molecule has 0 bridgehead atoms. The lowest BCUT2D eigenvalue weighted by Gasteiger charge is -2.20. The van der Waals surface area contributed by atoms with E-state index in [-0.39, 0.29) is 29.4 Å². The van der Waals surface area contributed by atoms with Crippen LogP contribution in [0.25, 0.3) is 0 Å². The SMILES string of the molecule is CCNC(=NCCNC(=O)C1CCCCC1)NC1CCS(=O)(=O)C1. The number of guanidine groups is 1. The Hall–Kier alpha value is -1.31. The number of carbonyl (C=O) groups excluding carboxylic acids is 1. The van der Waals surface area contributed by atoms with Gasteiger partial charge in [0.25, 0.3) is 0 Å². The summed E-state index contributed by atoms with van der Waals surface area (Å²) in [6, 6.07) is -0.0790. The maximum absolute atomic E-state index is 12.1. The summed E-state index contributed by atoms with van der Waals surface area (Å²) in [7, 11) is -2.91.